The number of anilines is 1. The fourth-order valence-electron chi connectivity index (χ4n) is 2.58. The summed E-state index contributed by atoms with van der Waals surface area (Å²) in [5, 5.41) is 6.14. The fourth-order valence-corrected chi connectivity index (χ4v) is 4.28. The zero-order valence-corrected chi connectivity index (χ0v) is 14.6. The molecule has 0 radical (unpaired) electrons. The van der Waals surface area contributed by atoms with E-state index in [-0.39, 0.29) is 12.0 Å². The summed E-state index contributed by atoms with van der Waals surface area (Å²) in [6.07, 6.45) is 2.06. The number of ether oxygens (including phenoxy) is 2. The molecule has 0 unspecified atom stereocenters. The predicted octanol–water partition coefficient (Wildman–Crippen LogP) is 3.87. The zero-order chi connectivity index (χ0) is 16.5. The second-order valence-corrected chi connectivity index (χ2v) is 7.28. The number of nitrogens with one attached hydrogen (secondary N) is 1. The molecule has 4 rings (SSSR count). The van der Waals surface area contributed by atoms with Crippen LogP contribution in [0, 0.1) is 0 Å². The first-order valence-electron chi connectivity index (χ1n) is 7.56. The van der Waals surface area contributed by atoms with E-state index in [1.54, 1.807) is 12.5 Å². The molecule has 0 bridgehead atoms. The molecule has 3 heterocycles. The lowest BCUT2D eigenvalue weighted by atomic mass is 10.2. The number of benzene rings is 1. The van der Waals surface area contributed by atoms with Gasteiger partial charge in [-0.1, -0.05) is 11.3 Å². The highest BCUT2D eigenvalue weighted by molar-refractivity contribution is 7.20. The smallest absolute Gasteiger partial charge is 0.275 e. The molecule has 1 N–H and O–H groups in total. The average molecular weight is 361 g/mol. The average Bonchev–Trinajstić information content (AvgIpc) is 3.32. The molecule has 3 aromatic rings. The van der Waals surface area contributed by atoms with Gasteiger partial charge in [-0.3, -0.25) is 4.79 Å². The second-order valence-electron chi connectivity index (χ2n) is 5.39. The van der Waals surface area contributed by atoms with Crippen LogP contribution < -0.4 is 10.1 Å². The highest BCUT2D eigenvalue weighted by Gasteiger charge is 2.22. The van der Waals surface area contributed by atoms with E-state index in [4.69, 9.17) is 9.47 Å². The number of amides is 1. The molecule has 0 saturated carbocycles. The van der Waals surface area contributed by atoms with Crippen LogP contribution >= 0.6 is 22.7 Å². The van der Waals surface area contributed by atoms with Gasteiger partial charge in [0.2, 0.25) is 0 Å². The van der Waals surface area contributed by atoms with Crippen LogP contribution in [0.15, 0.2) is 23.6 Å². The third kappa shape index (κ3) is 3.00. The first-order chi connectivity index (χ1) is 11.7. The van der Waals surface area contributed by atoms with Gasteiger partial charge < -0.3 is 14.8 Å². The third-order valence-electron chi connectivity index (χ3n) is 3.76. The molecule has 1 aliphatic heterocycles. The van der Waals surface area contributed by atoms with Crippen molar-refractivity contribution < 1.29 is 14.3 Å². The molecule has 1 atom stereocenters. The molecule has 0 spiro atoms. The summed E-state index contributed by atoms with van der Waals surface area (Å²) in [6, 6.07) is 5.58. The number of carbonyl (C=O) groups is 1. The number of rotatable bonds is 4. The molecule has 1 aliphatic rings. The molecule has 6 nitrogen and oxygen atoms in total. The molecular formula is C16H15N3O3S2. The summed E-state index contributed by atoms with van der Waals surface area (Å²) < 4.78 is 11.7. The van der Waals surface area contributed by atoms with E-state index in [1.165, 1.54) is 22.7 Å². The molecule has 8 heteroatoms. The van der Waals surface area contributed by atoms with Crippen molar-refractivity contribution in [3.63, 3.8) is 0 Å². The van der Waals surface area contributed by atoms with E-state index < -0.39 is 0 Å². The fraction of sp³-hybridized carbons (Fsp3) is 0.312. The molecule has 124 valence electrons. The third-order valence-corrected chi connectivity index (χ3v) is 5.68. The number of hydrogen-bond acceptors (Lipinski definition) is 7. The van der Waals surface area contributed by atoms with Gasteiger partial charge in [0.25, 0.3) is 11.1 Å². The number of hydrogen-bond donors (Lipinski definition) is 1. The minimum absolute atomic E-state index is 0.0394. The number of nitrogens with zero attached hydrogens (tertiary/aromatic N) is 2. The number of methoxy groups -OCH3 is 1. The van der Waals surface area contributed by atoms with E-state index in [2.05, 4.69) is 15.3 Å². The lowest BCUT2D eigenvalue weighted by Gasteiger charge is -2.04. The van der Waals surface area contributed by atoms with Crippen LogP contribution in [0.3, 0.4) is 0 Å². The predicted molar refractivity (Wildman–Crippen MR) is 94.2 cm³/mol. The van der Waals surface area contributed by atoms with Crippen LogP contribution in [0.25, 0.3) is 10.2 Å². The van der Waals surface area contributed by atoms with Crippen molar-refractivity contribution in [3.8, 4) is 5.19 Å². The summed E-state index contributed by atoms with van der Waals surface area (Å²) in [6.45, 7) is 0.768. The van der Waals surface area contributed by atoms with Gasteiger partial charge in [-0.2, -0.15) is 0 Å². The van der Waals surface area contributed by atoms with Crippen LogP contribution in [-0.2, 0) is 4.74 Å². The molecule has 2 aromatic heterocycles. The molecule has 1 saturated heterocycles. The molecule has 1 fully saturated rings. The molecule has 0 aliphatic carbocycles. The normalized spacial score (nSPS) is 17.3. The maximum Gasteiger partial charge on any atom is 0.275 e. The van der Waals surface area contributed by atoms with Crippen molar-refractivity contribution in [2.24, 2.45) is 0 Å². The standard InChI is InChI=1S/C16H15N3O3S2/c1-21-16-19-10-5-4-9(7-13(10)24-16)17-14(20)11-8-23-15(18-11)12-3-2-6-22-12/h4-5,7-8,12H,2-3,6H2,1H3,(H,17,20)/t12-/m0/s1. The van der Waals surface area contributed by atoms with E-state index in [1.807, 2.05) is 18.2 Å². The Morgan fingerprint density at radius 1 is 1.42 bits per heavy atom. The summed E-state index contributed by atoms with van der Waals surface area (Å²) in [5.41, 5.74) is 1.99. The Kier molecular flexibility index (Phi) is 4.17. The highest BCUT2D eigenvalue weighted by Crippen LogP contribution is 2.31. The van der Waals surface area contributed by atoms with Crippen molar-refractivity contribution in [3.05, 3.63) is 34.3 Å². The van der Waals surface area contributed by atoms with E-state index in [9.17, 15) is 4.79 Å². The Bertz CT molecular complexity index is 884. The SMILES string of the molecule is COc1nc2ccc(NC(=O)c3csc([C@@H]4CCCO4)n3)cc2s1. The Morgan fingerprint density at radius 2 is 2.33 bits per heavy atom. The van der Waals surface area contributed by atoms with Gasteiger partial charge in [0.15, 0.2) is 0 Å². The largest absolute Gasteiger partial charge is 0.473 e. The monoisotopic (exact) mass is 361 g/mol. The van der Waals surface area contributed by atoms with Gasteiger partial charge in [0, 0.05) is 17.7 Å². The van der Waals surface area contributed by atoms with Gasteiger partial charge in [0.05, 0.1) is 17.3 Å². The van der Waals surface area contributed by atoms with Crippen LogP contribution in [0.5, 0.6) is 5.19 Å². The quantitative estimate of drug-likeness (QED) is 0.764. The number of aromatic nitrogens is 2. The minimum atomic E-state index is -0.216. The first kappa shape index (κ1) is 15.5. The molecule has 1 amide bonds. The van der Waals surface area contributed by atoms with Crippen LogP contribution in [0.4, 0.5) is 5.69 Å². The first-order valence-corrected chi connectivity index (χ1v) is 9.25. The van der Waals surface area contributed by atoms with E-state index in [0.717, 1.165) is 34.7 Å². The van der Waals surface area contributed by atoms with E-state index >= 15 is 0 Å². The van der Waals surface area contributed by atoms with E-state index in [0.29, 0.717) is 16.6 Å². The van der Waals surface area contributed by atoms with Crippen molar-refractivity contribution in [1.29, 1.82) is 0 Å². The van der Waals surface area contributed by atoms with Gasteiger partial charge in [-0.05, 0) is 31.0 Å². The maximum atomic E-state index is 12.4. The molecular weight excluding hydrogens is 346 g/mol. The lowest BCUT2D eigenvalue weighted by Crippen LogP contribution is -2.12. The summed E-state index contributed by atoms with van der Waals surface area (Å²) >= 11 is 2.91. The number of carbonyl (C=O) groups excluding carboxylic acids is 1. The van der Waals surface area contributed by atoms with Crippen LogP contribution in [-0.4, -0.2) is 29.6 Å². The maximum absolute atomic E-state index is 12.4. The van der Waals surface area contributed by atoms with Crippen molar-refractivity contribution in [2.45, 2.75) is 18.9 Å². The van der Waals surface area contributed by atoms with Crippen molar-refractivity contribution >= 4 is 44.5 Å². The molecule has 24 heavy (non-hydrogen) atoms. The lowest BCUT2D eigenvalue weighted by molar-refractivity contribution is 0.101. The topological polar surface area (TPSA) is 73.3 Å². The van der Waals surface area contributed by atoms with Crippen molar-refractivity contribution in [2.75, 3.05) is 19.0 Å². The van der Waals surface area contributed by atoms with Crippen LogP contribution in [0.2, 0.25) is 0 Å². The number of thiazole rings is 2. The Balaban J connectivity index is 1.51. The summed E-state index contributed by atoms with van der Waals surface area (Å²) in [7, 11) is 1.59. The Labute approximate surface area is 146 Å². The van der Waals surface area contributed by atoms with Gasteiger partial charge >= 0.3 is 0 Å². The Morgan fingerprint density at radius 3 is 3.12 bits per heavy atom. The Hall–Kier alpha value is -2.03. The number of fused-ring (bicyclic) bond motifs is 1. The highest BCUT2D eigenvalue weighted by atomic mass is 32.1. The second kappa shape index (κ2) is 6.46. The van der Waals surface area contributed by atoms with Gasteiger partial charge in [-0.25, -0.2) is 9.97 Å². The van der Waals surface area contributed by atoms with Gasteiger partial charge in [0.1, 0.15) is 16.8 Å². The molecule has 1 aromatic carbocycles. The van der Waals surface area contributed by atoms with Crippen molar-refractivity contribution in [1.82, 2.24) is 9.97 Å². The van der Waals surface area contributed by atoms with Crippen LogP contribution in [0.1, 0.15) is 34.4 Å². The van der Waals surface area contributed by atoms with Gasteiger partial charge in [-0.15, -0.1) is 11.3 Å². The summed E-state index contributed by atoms with van der Waals surface area (Å²) in [5.74, 6) is -0.216. The zero-order valence-electron chi connectivity index (χ0n) is 12.9. The minimum Gasteiger partial charge on any atom is -0.473 e. The summed E-state index contributed by atoms with van der Waals surface area (Å²) in [4.78, 5) is 21.1.